The van der Waals surface area contributed by atoms with Crippen molar-refractivity contribution in [1.29, 1.82) is 0 Å². The second-order valence-electron chi connectivity index (χ2n) is 5.78. The summed E-state index contributed by atoms with van der Waals surface area (Å²) >= 11 is 0. The van der Waals surface area contributed by atoms with Crippen LogP contribution in [0.25, 0.3) is 0 Å². The van der Waals surface area contributed by atoms with Crippen molar-refractivity contribution in [2.45, 2.75) is 36.8 Å². The van der Waals surface area contributed by atoms with Gasteiger partial charge in [-0.25, -0.2) is 4.68 Å². The molecular weight excluding hydrogens is 332 g/mol. The monoisotopic (exact) mass is 352 g/mol. The fraction of sp³-hybridized carbons (Fsp3) is 0.533. The maximum atomic E-state index is 10.2. The van der Waals surface area contributed by atoms with Gasteiger partial charge in [0, 0.05) is 7.05 Å². The molecule has 0 aliphatic carbocycles. The first kappa shape index (κ1) is 17.9. The summed E-state index contributed by atoms with van der Waals surface area (Å²) in [4.78, 5) is 0. The molecule has 2 unspecified atom stereocenters. The van der Waals surface area contributed by atoms with Gasteiger partial charge in [-0.2, -0.15) is 0 Å². The van der Waals surface area contributed by atoms with Crippen LogP contribution in [0.5, 0.6) is 0 Å². The minimum atomic E-state index is -1.52. The number of aromatic nitrogens is 4. The molecule has 136 valence electrons. The number of nitrogens with zero attached hydrogens (tertiary/aromatic N) is 4. The molecule has 0 saturated carbocycles. The summed E-state index contributed by atoms with van der Waals surface area (Å²) in [6, 6.07) is 9.04. The molecule has 1 aliphatic heterocycles. The minimum absolute atomic E-state index is 0.364. The van der Waals surface area contributed by atoms with E-state index in [0.29, 0.717) is 11.4 Å². The Morgan fingerprint density at radius 1 is 1.16 bits per heavy atom. The summed E-state index contributed by atoms with van der Waals surface area (Å²) in [5, 5.41) is 50.6. The van der Waals surface area contributed by atoms with Gasteiger partial charge in [-0.3, -0.25) is 0 Å². The van der Waals surface area contributed by atoms with Gasteiger partial charge in [0.25, 0.3) is 0 Å². The molecule has 0 amide bonds. The molecule has 1 aromatic carbocycles. The predicted molar refractivity (Wildman–Crippen MR) is 81.9 cm³/mol. The largest absolute Gasteiger partial charge is 0.394 e. The predicted octanol–water partition coefficient (Wildman–Crippen LogP) is -1.88. The number of ether oxygens (including phenoxy) is 2. The van der Waals surface area contributed by atoms with Crippen LogP contribution >= 0.6 is 0 Å². The molecule has 1 fully saturated rings. The Hall–Kier alpha value is -1.95. The highest BCUT2D eigenvalue weighted by atomic mass is 16.7. The topological polar surface area (TPSA) is 143 Å². The standard InChI is InChI=1S/C15H20N4O6/c1-19-14(16-17-18-19)13(8-5-3-2-4-6-8)25-15-12(23)11(22)10(21)9(7-20)24-15/h2-6,9-13,15,20-23H,7H2,1H3/t9?,10-,11+,12-,13?,15+/m0/s1. The van der Waals surface area contributed by atoms with Gasteiger partial charge in [-0.1, -0.05) is 30.3 Å². The van der Waals surface area contributed by atoms with Gasteiger partial charge in [0.2, 0.25) is 0 Å². The van der Waals surface area contributed by atoms with Gasteiger partial charge >= 0.3 is 0 Å². The highest BCUT2D eigenvalue weighted by molar-refractivity contribution is 5.22. The number of benzene rings is 1. The quantitative estimate of drug-likeness (QED) is 0.486. The van der Waals surface area contributed by atoms with E-state index in [1.54, 1.807) is 19.2 Å². The average Bonchev–Trinajstić information content (AvgIpc) is 3.06. The molecule has 0 spiro atoms. The van der Waals surface area contributed by atoms with Crippen LogP contribution in [0.1, 0.15) is 17.5 Å². The second kappa shape index (κ2) is 7.52. The highest BCUT2D eigenvalue weighted by Crippen LogP contribution is 2.30. The van der Waals surface area contributed by atoms with E-state index in [1.165, 1.54) is 4.68 Å². The van der Waals surface area contributed by atoms with E-state index >= 15 is 0 Å². The molecule has 1 aromatic heterocycles. The van der Waals surface area contributed by atoms with E-state index in [2.05, 4.69) is 15.5 Å². The number of tetrazole rings is 1. The maximum absolute atomic E-state index is 10.2. The lowest BCUT2D eigenvalue weighted by atomic mass is 9.99. The van der Waals surface area contributed by atoms with E-state index in [-0.39, 0.29) is 0 Å². The Morgan fingerprint density at radius 3 is 2.48 bits per heavy atom. The van der Waals surface area contributed by atoms with Crippen molar-refractivity contribution in [1.82, 2.24) is 20.2 Å². The van der Waals surface area contributed by atoms with Crippen molar-refractivity contribution in [3.05, 3.63) is 41.7 Å². The Kier molecular flexibility index (Phi) is 5.37. The van der Waals surface area contributed by atoms with Crippen molar-refractivity contribution in [2.24, 2.45) is 7.05 Å². The molecule has 2 heterocycles. The van der Waals surface area contributed by atoms with E-state index in [1.807, 2.05) is 18.2 Å². The molecule has 0 radical (unpaired) electrons. The molecule has 1 aliphatic rings. The number of hydrogen-bond acceptors (Lipinski definition) is 9. The molecule has 0 bridgehead atoms. The summed E-state index contributed by atoms with van der Waals surface area (Å²) in [5.41, 5.74) is 0.706. The molecule has 3 rings (SSSR count). The summed E-state index contributed by atoms with van der Waals surface area (Å²) in [7, 11) is 1.64. The first-order valence-corrected chi connectivity index (χ1v) is 7.76. The van der Waals surface area contributed by atoms with E-state index in [0.717, 1.165) is 0 Å². The lowest BCUT2D eigenvalue weighted by Crippen LogP contribution is -2.59. The normalized spacial score (nSPS) is 31.0. The van der Waals surface area contributed by atoms with Gasteiger partial charge in [0.15, 0.2) is 12.1 Å². The summed E-state index contributed by atoms with van der Waals surface area (Å²) in [6.07, 6.45) is -7.63. The minimum Gasteiger partial charge on any atom is -0.394 e. The van der Waals surface area contributed by atoms with Crippen LogP contribution < -0.4 is 0 Å². The van der Waals surface area contributed by atoms with Crippen molar-refractivity contribution in [3.63, 3.8) is 0 Å². The zero-order valence-corrected chi connectivity index (χ0v) is 13.5. The molecule has 10 nitrogen and oxygen atoms in total. The summed E-state index contributed by atoms with van der Waals surface area (Å²) in [5.74, 6) is 0.364. The summed E-state index contributed by atoms with van der Waals surface area (Å²) < 4.78 is 12.7. The second-order valence-corrected chi connectivity index (χ2v) is 5.78. The van der Waals surface area contributed by atoms with Gasteiger partial charge in [-0.05, 0) is 16.0 Å². The van der Waals surface area contributed by atoms with Gasteiger partial charge < -0.3 is 29.9 Å². The number of hydrogen-bond donors (Lipinski definition) is 4. The zero-order chi connectivity index (χ0) is 18.0. The molecule has 2 aromatic rings. The van der Waals surface area contributed by atoms with E-state index < -0.39 is 43.4 Å². The van der Waals surface area contributed by atoms with Crippen LogP contribution in [0.15, 0.2) is 30.3 Å². The molecule has 10 heteroatoms. The first-order valence-electron chi connectivity index (χ1n) is 7.76. The number of rotatable bonds is 5. The molecule has 6 atom stereocenters. The number of aryl methyl sites for hydroxylation is 1. The van der Waals surface area contributed by atoms with Crippen LogP contribution in [0, 0.1) is 0 Å². The van der Waals surface area contributed by atoms with Crippen LogP contribution in [0.4, 0.5) is 0 Å². The smallest absolute Gasteiger partial charge is 0.187 e. The van der Waals surface area contributed by atoms with E-state index in [4.69, 9.17) is 9.47 Å². The molecule has 25 heavy (non-hydrogen) atoms. The van der Waals surface area contributed by atoms with Crippen molar-refractivity contribution < 1.29 is 29.9 Å². The third-order valence-corrected chi connectivity index (χ3v) is 4.11. The average molecular weight is 352 g/mol. The van der Waals surface area contributed by atoms with Crippen LogP contribution in [-0.2, 0) is 16.5 Å². The zero-order valence-electron chi connectivity index (χ0n) is 13.5. The highest BCUT2D eigenvalue weighted by Gasteiger charge is 2.45. The van der Waals surface area contributed by atoms with Crippen molar-refractivity contribution in [3.8, 4) is 0 Å². The van der Waals surface area contributed by atoms with Crippen molar-refractivity contribution >= 4 is 0 Å². The summed E-state index contributed by atoms with van der Waals surface area (Å²) in [6.45, 7) is -0.535. The number of aliphatic hydroxyl groups is 4. The number of aliphatic hydroxyl groups excluding tert-OH is 4. The first-order chi connectivity index (χ1) is 12.0. The lowest BCUT2D eigenvalue weighted by Gasteiger charge is -2.40. The van der Waals surface area contributed by atoms with Crippen LogP contribution in [0.3, 0.4) is 0 Å². The molecular formula is C15H20N4O6. The SMILES string of the molecule is Cn1nnnc1C(O[C@H]1OC(CO)[C@H](O)[C@@H](O)[C@@H]1O)c1ccccc1. The van der Waals surface area contributed by atoms with Gasteiger partial charge in [0.05, 0.1) is 6.61 Å². The Balaban J connectivity index is 1.89. The van der Waals surface area contributed by atoms with Crippen LogP contribution in [-0.4, -0.2) is 77.9 Å². The Bertz CT molecular complexity index is 682. The van der Waals surface area contributed by atoms with Gasteiger partial charge in [-0.15, -0.1) is 5.10 Å². The third kappa shape index (κ3) is 3.54. The fourth-order valence-electron chi connectivity index (χ4n) is 2.69. The van der Waals surface area contributed by atoms with Gasteiger partial charge in [0.1, 0.15) is 30.5 Å². The third-order valence-electron chi connectivity index (χ3n) is 4.11. The Morgan fingerprint density at radius 2 is 1.88 bits per heavy atom. The van der Waals surface area contributed by atoms with Crippen molar-refractivity contribution in [2.75, 3.05) is 6.61 Å². The lowest BCUT2D eigenvalue weighted by molar-refractivity contribution is -0.309. The fourth-order valence-corrected chi connectivity index (χ4v) is 2.69. The maximum Gasteiger partial charge on any atom is 0.187 e. The van der Waals surface area contributed by atoms with Crippen LogP contribution in [0.2, 0.25) is 0 Å². The van der Waals surface area contributed by atoms with E-state index in [9.17, 15) is 20.4 Å². The Labute approximate surface area is 143 Å². The molecule has 4 N–H and O–H groups in total. The molecule has 1 saturated heterocycles.